The van der Waals surface area contributed by atoms with E-state index in [4.69, 9.17) is 0 Å². The molecule has 0 radical (unpaired) electrons. The van der Waals surface area contributed by atoms with E-state index in [1.807, 2.05) is 0 Å². The van der Waals surface area contributed by atoms with Gasteiger partial charge in [-0.2, -0.15) is 0 Å². The molecule has 0 atom stereocenters. The molecule has 0 N–H and O–H groups in total. The van der Waals surface area contributed by atoms with E-state index in [1.165, 1.54) is 12.1 Å². The summed E-state index contributed by atoms with van der Waals surface area (Å²) < 4.78 is 0. The van der Waals surface area contributed by atoms with Gasteiger partial charge in [0.05, 0.1) is 0 Å². The maximum absolute atomic E-state index is 10.5. The quantitative estimate of drug-likeness (QED) is 0.383. The van der Waals surface area contributed by atoms with Crippen molar-refractivity contribution in [3.63, 3.8) is 0 Å². The zero-order valence-electron chi connectivity index (χ0n) is 5.70. The standard InChI is InChI=1S/C7H6O2.K/c8-6-4-2-1-3-5-7(6)9;/h1-5H,(H,8,9);/q;+1/p-1. The molecule has 0 amide bonds. The maximum atomic E-state index is 10.5. The van der Waals surface area contributed by atoms with Gasteiger partial charge in [-0.05, 0) is 6.07 Å². The fourth-order valence-corrected chi connectivity index (χ4v) is 0.514. The van der Waals surface area contributed by atoms with Gasteiger partial charge < -0.3 is 5.11 Å². The minimum Gasteiger partial charge on any atom is -0.870 e. The van der Waals surface area contributed by atoms with Crippen LogP contribution in [0.4, 0.5) is 0 Å². The first-order valence-corrected chi connectivity index (χ1v) is 2.57. The second-order valence-corrected chi connectivity index (χ2v) is 1.64. The zero-order valence-corrected chi connectivity index (χ0v) is 8.83. The summed E-state index contributed by atoms with van der Waals surface area (Å²) >= 11 is 0. The van der Waals surface area contributed by atoms with E-state index in [0.29, 0.717) is 0 Å². The summed E-state index contributed by atoms with van der Waals surface area (Å²) in [6, 6.07) is 7.24. The number of hydrogen-bond donors (Lipinski definition) is 0. The van der Waals surface area contributed by atoms with E-state index in [0.717, 1.165) is 0 Å². The summed E-state index contributed by atoms with van der Waals surface area (Å²) in [6.45, 7) is 0. The molecule has 10 heavy (non-hydrogen) atoms. The van der Waals surface area contributed by atoms with Crippen LogP contribution in [0.5, 0.6) is 5.75 Å². The molecule has 0 aliphatic heterocycles. The van der Waals surface area contributed by atoms with Crippen LogP contribution < -0.4 is 61.9 Å². The SMILES string of the molecule is O=c1cccccc1[O-].[K+]. The van der Waals surface area contributed by atoms with Crippen molar-refractivity contribution in [1.29, 1.82) is 0 Å². The van der Waals surface area contributed by atoms with Crippen LogP contribution in [0.3, 0.4) is 0 Å². The Bertz CT molecular complexity index is 259. The molecule has 0 bridgehead atoms. The molecular formula is C7H5KO2. The largest absolute Gasteiger partial charge is 1.00 e. The minimum absolute atomic E-state index is 0. The summed E-state index contributed by atoms with van der Waals surface area (Å²) in [5, 5.41) is 10.5. The topological polar surface area (TPSA) is 40.1 Å². The molecule has 0 fully saturated rings. The van der Waals surface area contributed by atoms with Gasteiger partial charge in [0, 0.05) is 0 Å². The monoisotopic (exact) mass is 160 g/mol. The Morgan fingerprint density at radius 1 is 1.10 bits per heavy atom. The third-order valence-corrected chi connectivity index (χ3v) is 0.960. The van der Waals surface area contributed by atoms with E-state index in [-0.39, 0.29) is 51.4 Å². The number of hydrogen-bond acceptors (Lipinski definition) is 2. The van der Waals surface area contributed by atoms with Gasteiger partial charge in [0.15, 0.2) is 5.43 Å². The third kappa shape index (κ3) is 2.94. The Labute approximate surface area is 101 Å². The summed E-state index contributed by atoms with van der Waals surface area (Å²) in [5.41, 5.74) is -0.458. The molecule has 0 aromatic heterocycles. The second kappa shape index (κ2) is 5.04. The molecule has 3 heteroatoms. The van der Waals surface area contributed by atoms with Crippen molar-refractivity contribution in [2.45, 2.75) is 0 Å². The van der Waals surface area contributed by atoms with Crippen LogP contribution in [0.25, 0.3) is 0 Å². The van der Waals surface area contributed by atoms with E-state index >= 15 is 0 Å². The first-order chi connectivity index (χ1) is 4.30. The smallest absolute Gasteiger partial charge is 0.870 e. The van der Waals surface area contributed by atoms with E-state index in [2.05, 4.69) is 0 Å². The first-order valence-electron chi connectivity index (χ1n) is 2.57. The Morgan fingerprint density at radius 3 is 2.40 bits per heavy atom. The second-order valence-electron chi connectivity index (χ2n) is 1.64. The molecule has 0 saturated heterocycles. The molecule has 1 aromatic carbocycles. The predicted molar refractivity (Wildman–Crippen MR) is 32.2 cm³/mol. The molecule has 0 aliphatic rings. The van der Waals surface area contributed by atoms with E-state index in [1.54, 1.807) is 18.2 Å². The predicted octanol–water partition coefficient (Wildman–Crippen LogP) is -2.88. The van der Waals surface area contributed by atoms with Gasteiger partial charge in [-0.1, -0.05) is 30.0 Å². The molecule has 0 heterocycles. The van der Waals surface area contributed by atoms with Gasteiger partial charge in [-0.3, -0.25) is 4.79 Å². The molecule has 2 nitrogen and oxygen atoms in total. The maximum Gasteiger partial charge on any atom is 1.00 e. The molecule has 0 spiro atoms. The van der Waals surface area contributed by atoms with Gasteiger partial charge in [-0.25, -0.2) is 0 Å². The van der Waals surface area contributed by atoms with Gasteiger partial charge in [0.25, 0.3) is 0 Å². The molecular weight excluding hydrogens is 155 g/mol. The molecule has 46 valence electrons. The van der Waals surface area contributed by atoms with Crippen LogP contribution in [-0.2, 0) is 0 Å². The Morgan fingerprint density at radius 2 is 1.70 bits per heavy atom. The average molecular weight is 160 g/mol. The fraction of sp³-hybridized carbons (Fsp3) is 0. The van der Waals surface area contributed by atoms with Crippen molar-refractivity contribution >= 4 is 0 Å². The normalized spacial score (nSPS) is 8.00. The van der Waals surface area contributed by atoms with Gasteiger partial charge in [0.2, 0.25) is 0 Å². The molecule has 0 unspecified atom stereocenters. The van der Waals surface area contributed by atoms with Crippen molar-refractivity contribution < 1.29 is 56.5 Å². The first kappa shape index (κ1) is 10.3. The summed E-state index contributed by atoms with van der Waals surface area (Å²) in [6.07, 6.45) is 0. The Balaban J connectivity index is 0.000000810. The van der Waals surface area contributed by atoms with Crippen LogP contribution in [0, 0.1) is 0 Å². The zero-order chi connectivity index (χ0) is 6.69. The van der Waals surface area contributed by atoms with Crippen molar-refractivity contribution in [2.24, 2.45) is 0 Å². The van der Waals surface area contributed by atoms with Crippen molar-refractivity contribution in [3.8, 4) is 5.75 Å². The van der Waals surface area contributed by atoms with E-state index in [9.17, 15) is 9.90 Å². The molecule has 0 saturated carbocycles. The minimum atomic E-state index is -0.458. The average Bonchev–Trinajstić information content (AvgIpc) is 1.99. The van der Waals surface area contributed by atoms with Crippen LogP contribution in [0.15, 0.2) is 35.1 Å². The summed E-state index contributed by atoms with van der Waals surface area (Å²) in [4.78, 5) is 10.5. The van der Waals surface area contributed by atoms with Crippen molar-refractivity contribution in [3.05, 3.63) is 40.6 Å². The van der Waals surface area contributed by atoms with Gasteiger partial charge >= 0.3 is 51.4 Å². The molecule has 1 rings (SSSR count). The van der Waals surface area contributed by atoms with Crippen LogP contribution in [0.2, 0.25) is 0 Å². The van der Waals surface area contributed by atoms with E-state index < -0.39 is 11.2 Å². The third-order valence-electron chi connectivity index (χ3n) is 0.960. The Hall–Kier alpha value is 0.326. The summed E-state index contributed by atoms with van der Waals surface area (Å²) in [7, 11) is 0. The molecule has 1 aromatic rings. The van der Waals surface area contributed by atoms with Crippen molar-refractivity contribution in [2.75, 3.05) is 0 Å². The van der Waals surface area contributed by atoms with Gasteiger partial charge in [0.1, 0.15) is 0 Å². The van der Waals surface area contributed by atoms with Crippen LogP contribution in [-0.4, -0.2) is 0 Å². The Kier molecular flexibility index (Phi) is 5.20. The number of rotatable bonds is 0. The molecule has 0 aliphatic carbocycles. The van der Waals surface area contributed by atoms with Gasteiger partial charge in [-0.15, -0.1) is 0 Å². The van der Waals surface area contributed by atoms with Crippen molar-refractivity contribution in [1.82, 2.24) is 0 Å². The summed E-state index contributed by atoms with van der Waals surface area (Å²) in [5.74, 6) is -0.458. The fourth-order valence-electron chi connectivity index (χ4n) is 0.514. The van der Waals surface area contributed by atoms with Crippen LogP contribution in [0.1, 0.15) is 0 Å². The van der Waals surface area contributed by atoms with Crippen LogP contribution >= 0.6 is 0 Å².